The summed E-state index contributed by atoms with van der Waals surface area (Å²) in [5.74, 6) is -0.348. The first-order valence-electron chi connectivity index (χ1n) is 19.5. The van der Waals surface area contributed by atoms with E-state index in [4.69, 9.17) is 10.7 Å². The predicted molar refractivity (Wildman–Crippen MR) is 205 cm³/mol. The molecule has 55 heavy (non-hydrogen) atoms. The molecule has 0 radical (unpaired) electrons. The van der Waals surface area contributed by atoms with Crippen LogP contribution in [0.5, 0.6) is 0 Å². The molecule has 290 valence electrons. The minimum Gasteiger partial charge on any atom is -0.396 e. The van der Waals surface area contributed by atoms with Crippen molar-refractivity contribution < 1.29 is 29.4 Å². The van der Waals surface area contributed by atoms with Crippen molar-refractivity contribution in [1.82, 2.24) is 25.5 Å². The second kappa shape index (κ2) is 15.6. The Morgan fingerprint density at radius 3 is 2.47 bits per heavy atom. The maximum absolute atomic E-state index is 13.2. The van der Waals surface area contributed by atoms with E-state index in [0.29, 0.717) is 47.3 Å². The minimum absolute atomic E-state index is 0.0840. The summed E-state index contributed by atoms with van der Waals surface area (Å²) in [6, 6.07) is 13.7. The van der Waals surface area contributed by atoms with Gasteiger partial charge in [0.1, 0.15) is 11.9 Å². The lowest BCUT2D eigenvalue weighted by molar-refractivity contribution is -0.139. The number of hydrogen-bond donors (Lipinski definition) is 6. The third-order valence-electron chi connectivity index (χ3n) is 12.1. The highest BCUT2D eigenvalue weighted by Crippen LogP contribution is 2.39. The van der Waals surface area contributed by atoms with Gasteiger partial charge in [0.2, 0.25) is 11.8 Å². The molecule has 2 aromatic carbocycles. The monoisotopic (exact) mass is 751 g/mol. The lowest BCUT2D eigenvalue weighted by Crippen LogP contribution is -2.53. The number of carbonyl (C=O) groups is 4. The highest BCUT2D eigenvalue weighted by atomic mass is 16.3. The van der Waals surface area contributed by atoms with E-state index in [1.54, 1.807) is 12.3 Å². The molecule has 1 aliphatic carbocycles. The second-order valence-corrected chi connectivity index (χ2v) is 15.6. The van der Waals surface area contributed by atoms with E-state index in [0.717, 1.165) is 76.0 Å². The molecule has 0 spiro atoms. The molecular weight excluding hydrogens is 702 g/mol. The zero-order valence-corrected chi connectivity index (χ0v) is 30.8. The molecule has 7 N–H and O–H groups in total. The highest BCUT2D eigenvalue weighted by molar-refractivity contribution is 6.06. The van der Waals surface area contributed by atoms with Crippen LogP contribution in [-0.2, 0) is 9.59 Å². The Kier molecular flexibility index (Phi) is 10.4. The Morgan fingerprint density at radius 1 is 0.927 bits per heavy atom. The topological polar surface area (TPSA) is 206 Å². The maximum atomic E-state index is 13.2. The SMILES string of the molecule is NC(=O)c1ncc(N2CCC[C@@H](CO)C2)nc1Nc1ccc(C2CCC(N[C@@H]3CCN(c4ccc5c(c4)C(O)N(C4CCC(=O)NC4=O)C5=O)C3)CC2)cc1. The maximum Gasteiger partial charge on any atom is 0.271 e. The summed E-state index contributed by atoms with van der Waals surface area (Å²) >= 11 is 0. The number of aliphatic hydroxyl groups excluding tert-OH is 2. The van der Waals surface area contributed by atoms with Gasteiger partial charge in [-0.25, -0.2) is 9.97 Å². The Bertz CT molecular complexity index is 1950. The summed E-state index contributed by atoms with van der Waals surface area (Å²) < 4.78 is 0. The first-order chi connectivity index (χ1) is 26.6. The van der Waals surface area contributed by atoms with Gasteiger partial charge in [-0.1, -0.05) is 12.1 Å². The van der Waals surface area contributed by atoms with E-state index in [1.165, 1.54) is 10.5 Å². The predicted octanol–water partition coefficient (Wildman–Crippen LogP) is 2.67. The average molecular weight is 752 g/mol. The number of nitrogens with one attached hydrogen (secondary N) is 3. The fourth-order valence-corrected chi connectivity index (χ4v) is 9.07. The number of rotatable bonds is 10. The fourth-order valence-electron chi connectivity index (χ4n) is 9.07. The lowest BCUT2D eigenvalue weighted by atomic mass is 9.81. The van der Waals surface area contributed by atoms with E-state index < -0.39 is 30.0 Å². The van der Waals surface area contributed by atoms with Gasteiger partial charge in [0.15, 0.2) is 17.7 Å². The Morgan fingerprint density at radius 2 is 1.73 bits per heavy atom. The zero-order chi connectivity index (χ0) is 38.2. The number of imide groups is 1. The number of aromatic nitrogens is 2. The zero-order valence-electron chi connectivity index (χ0n) is 30.8. The van der Waals surface area contributed by atoms with Gasteiger partial charge in [-0.2, -0.15) is 0 Å². The van der Waals surface area contributed by atoms with E-state index >= 15 is 0 Å². The molecule has 5 aliphatic rings. The molecule has 3 saturated heterocycles. The number of piperidine rings is 2. The summed E-state index contributed by atoms with van der Waals surface area (Å²) in [6.07, 6.45) is 7.87. The molecule has 8 rings (SSSR count). The van der Waals surface area contributed by atoms with Crippen molar-refractivity contribution in [3.63, 3.8) is 0 Å². The van der Waals surface area contributed by atoms with Crippen molar-refractivity contribution in [2.45, 2.75) is 88.1 Å². The number of anilines is 4. The van der Waals surface area contributed by atoms with Crippen LogP contribution in [0.25, 0.3) is 0 Å². The largest absolute Gasteiger partial charge is 0.396 e. The summed E-state index contributed by atoms with van der Waals surface area (Å²) in [5, 5.41) is 30.2. The smallest absolute Gasteiger partial charge is 0.271 e. The average Bonchev–Trinajstić information content (AvgIpc) is 3.76. The molecule has 4 atom stereocenters. The molecule has 3 aromatic rings. The molecule has 1 saturated carbocycles. The summed E-state index contributed by atoms with van der Waals surface area (Å²) in [5.41, 5.74) is 9.62. The van der Waals surface area contributed by atoms with E-state index in [9.17, 15) is 29.4 Å². The molecule has 4 aliphatic heterocycles. The number of amides is 4. The quantitative estimate of drug-likeness (QED) is 0.166. The van der Waals surface area contributed by atoms with Gasteiger partial charge in [0.05, 0.1) is 6.20 Å². The van der Waals surface area contributed by atoms with Gasteiger partial charge in [-0.05, 0) is 99.1 Å². The van der Waals surface area contributed by atoms with Crippen LogP contribution in [0.4, 0.5) is 23.0 Å². The van der Waals surface area contributed by atoms with Crippen molar-refractivity contribution in [1.29, 1.82) is 0 Å². The minimum atomic E-state index is -1.24. The Hall–Kier alpha value is -5.12. The van der Waals surface area contributed by atoms with E-state index in [-0.39, 0.29) is 37.0 Å². The van der Waals surface area contributed by atoms with Gasteiger partial charge >= 0.3 is 0 Å². The Labute approximate surface area is 319 Å². The van der Waals surface area contributed by atoms with Gasteiger partial charge < -0.3 is 36.4 Å². The Balaban J connectivity index is 0.833. The standard InChI is InChI=1S/C40H49N9O6/c41-36(52)35-37(45-33(19-42-35)48-16-1-2-23(20-48)22-50)44-27-9-5-25(6-10-27)24-3-7-26(8-4-24)43-28-15-17-47(21-28)29-11-12-30-31(18-29)40(55)49(39(30)54)32-13-14-34(51)46-38(32)53/h5-6,9-12,18-19,23-24,26,28,32,40,43,50,55H,1-4,7-8,13-17,20-22H2,(H2,41,52)(H,44,45)(H,46,51,53)/t23-,24?,26?,28-,32?,40?/m1/s1. The van der Waals surface area contributed by atoms with Crippen molar-refractivity contribution in [3.05, 3.63) is 71.0 Å². The second-order valence-electron chi connectivity index (χ2n) is 15.6. The fraction of sp³-hybridized carbons (Fsp3) is 0.500. The highest BCUT2D eigenvalue weighted by Gasteiger charge is 2.44. The number of carbonyl (C=O) groups excluding carboxylic acids is 4. The van der Waals surface area contributed by atoms with Gasteiger partial charge in [-0.3, -0.25) is 29.4 Å². The third kappa shape index (κ3) is 7.60. The molecule has 15 nitrogen and oxygen atoms in total. The van der Waals surface area contributed by atoms with Crippen LogP contribution in [0.15, 0.2) is 48.7 Å². The number of aliphatic hydroxyl groups is 2. The van der Waals surface area contributed by atoms with Crippen molar-refractivity contribution in [2.24, 2.45) is 11.7 Å². The van der Waals surface area contributed by atoms with E-state index in [2.05, 4.69) is 42.9 Å². The van der Waals surface area contributed by atoms with Crippen LogP contribution in [0.2, 0.25) is 0 Å². The van der Waals surface area contributed by atoms with Crippen LogP contribution < -0.4 is 31.5 Å². The van der Waals surface area contributed by atoms with Gasteiger partial charge in [0.25, 0.3) is 11.8 Å². The molecule has 1 aromatic heterocycles. The van der Waals surface area contributed by atoms with Crippen LogP contribution in [-0.4, -0.2) is 99.6 Å². The van der Waals surface area contributed by atoms with Crippen molar-refractivity contribution in [2.75, 3.05) is 47.9 Å². The summed E-state index contributed by atoms with van der Waals surface area (Å²) in [4.78, 5) is 64.1. The molecule has 4 fully saturated rings. The van der Waals surface area contributed by atoms with E-state index in [1.807, 2.05) is 24.3 Å². The molecule has 5 heterocycles. The van der Waals surface area contributed by atoms with Crippen LogP contribution in [0.1, 0.15) is 102 Å². The summed E-state index contributed by atoms with van der Waals surface area (Å²) in [6.45, 7) is 3.30. The number of nitrogens with zero attached hydrogens (tertiary/aromatic N) is 5. The number of fused-ring (bicyclic) bond motifs is 1. The van der Waals surface area contributed by atoms with Gasteiger partial charge in [0, 0.05) is 73.8 Å². The molecular formula is C40H49N9O6. The number of nitrogens with two attached hydrogens (primary N) is 1. The molecule has 0 bridgehead atoms. The number of primary amides is 1. The van der Waals surface area contributed by atoms with Crippen molar-refractivity contribution in [3.8, 4) is 0 Å². The third-order valence-corrected chi connectivity index (χ3v) is 12.1. The molecule has 4 amide bonds. The number of hydrogen-bond acceptors (Lipinski definition) is 12. The van der Waals surface area contributed by atoms with Gasteiger partial charge in [-0.15, -0.1) is 0 Å². The molecule has 2 unspecified atom stereocenters. The lowest BCUT2D eigenvalue weighted by Gasteiger charge is -2.32. The molecule has 15 heteroatoms. The number of benzene rings is 2. The summed E-state index contributed by atoms with van der Waals surface area (Å²) in [7, 11) is 0. The van der Waals surface area contributed by atoms with Crippen LogP contribution >= 0.6 is 0 Å². The van der Waals surface area contributed by atoms with Crippen LogP contribution in [0.3, 0.4) is 0 Å². The van der Waals surface area contributed by atoms with Crippen LogP contribution in [0, 0.1) is 5.92 Å². The first-order valence-corrected chi connectivity index (χ1v) is 19.5. The normalized spacial score (nSPS) is 26.9. The van der Waals surface area contributed by atoms with Crippen molar-refractivity contribution >= 4 is 46.6 Å². The first kappa shape index (κ1) is 36.8.